The topological polar surface area (TPSA) is 27.1 Å². The van der Waals surface area contributed by atoms with Crippen molar-refractivity contribution in [3.8, 4) is 5.88 Å². The Balaban J connectivity index is 0.00000109. The fourth-order valence-corrected chi connectivity index (χ4v) is 2.55. The first-order valence-electron chi connectivity index (χ1n) is 9.12. The molecule has 0 saturated heterocycles. The maximum Gasteiger partial charge on any atom is 0.212 e. The minimum atomic E-state index is 0. The lowest BCUT2D eigenvalue weighted by Gasteiger charge is -2.09. The molecule has 1 heterocycles. The van der Waals surface area contributed by atoms with Gasteiger partial charge in [-0.05, 0) is 17.5 Å². The third kappa shape index (κ3) is 6.57. The van der Waals surface area contributed by atoms with Crippen LogP contribution in [0.15, 0.2) is 66.7 Å². The quantitative estimate of drug-likeness (QED) is 0.515. The number of hydrogen-bond donors (Lipinski definition) is 0. The van der Waals surface area contributed by atoms with Gasteiger partial charge in [0.2, 0.25) is 5.88 Å². The highest BCUT2D eigenvalue weighted by atomic mass is 35.5. The molecule has 0 saturated carbocycles. The average molecular weight is 373 g/mol. The van der Waals surface area contributed by atoms with Gasteiger partial charge in [0.05, 0.1) is 12.2 Å². The van der Waals surface area contributed by atoms with Crippen LogP contribution < -0.4 is 4.74 Å². The molecule has 4 heteroatoms. The number of halogens is 1. The van der Waals surface area contributed by atoms with Crippen molar-refractivity contribution in [2.24, 2.45) is 0 Å². The Labute approximate surface area is 163 Å². The van der Waals surface area contributed by atoms with E-state index in [9.17, 15) is 0 Å². The third-order valence-corrected chi connectivity index (χ3v) is 3.70. The first-order chi connectivity index (χ1) is 12.3. The number of benzene rings is 2. The van der Waals surface area contributed by atoms with Crippen LogP contribution in [0.3, 0.4) is 0 Å². The molecule has 0 unspecified atom stereocenters. The van der Waals surface area contributed by atoms with Crippen molar-refractivity contribution in [3.05, 3.63) is 83.6 Å². The molecule has 0 aliphatic carbocycles. The molecule has 3 rings (SSSR count). The molecule has 0 spiro atoms. The third-order valence-electron chi connectivity index (χ3n) is 3.70. The van der Waals surface area contributed by atoms with Crippen molar-refractivity contribution in [1.82, 2.24) is 9.78 Å². The Hall–Kier alpha value is -2.26. The minimum Gasteiger partial charge on any atom is -0.473 e. The lowest BCUT2D eigenvalue weighted by molar-refractivity contribution is 0.275. The van der Waals surface area contributed by atoms with Crippen LogP contribution in [0.2, 0.25) is 0 Å². The molecule has 0 aliphatic rings. The van der Waals surface area contributed by atoms with E-state index in [4.69, 9.17) is 9.84 Å². The zero-order valence-electron chi connectivity index (χ0n) is 15.9. The van der Waals surface area contributed by atoms with Gasteiger partial charge >= 0.3 is 0 Å². The van der Waals surface area contributed by atoms with Crippen LogP contribution in [0.25, 0.3) is 0 Å². The van der Waals surface area contributed by atoms with E-state index in [0.29, 0.717) is 6.61 Å². The zero-order valence-corrected chi connectivity index (χ0v) is 16.7. The van der Waals surface area contributed by atoms with E-state index in [0.717, 1.165) is 36.5 Å². The van der Waals surface area contributed by atoms with Crippen molar-refractivity contribution in [3.63, 3.8) is 0 Å². The predicted octanol–water partition coefficient (Wildman–Crippen LogP) is 5.91. The smallest absolute Gasteiger partial charge is 0.212 e. The number of hydrogen-bond acceptors (Lipinski definition) is 2. The highest BCUT2D eigenvalue weighted by molar-refractivity contribution is 5.85. The lowest BCUT2D eigenvalue weighted by atomic mass is 10.2. The van der Waals surface area contributed by atoms with Gasteiger partial charge in [0.25, 0.3) is 0 Å². The van der Waals surface area contributed by atoms with Gasteiger partial charge in [0.1, 0.15) is 6.61 Å². The molecule has 0 aliphatic heterocycles. The summed E-state index contributed by atoms with van der Waals surface area (Å²) in [6, 6.07) is 22.7. The van der Waals surface area contributed by atoms with Crippen molar-refractivity contribution in [2.75, 3.05) is 0 Å². The minimum absolute atomic E-state index is 0. The summed E-state index contributed by atoms with van der Waals surface area (Å²) in [5.74, 6) is 0.834. The van der Waals surface area contributed by atoms with Crippen LogP contribution in [0.5, 0.6) is 5.88 Å². The Bertz CT molecular complexity index is 726. The van der Waals surface area contributed by atoms with Crippen LogP contribution in [0.4, 0.5) is 0 Å². The number of aromatic nitrogens is 2. The van der Waals surface area contributed by atoms with E-state index < -0.39 is 0 Å². The predicted molar refractivity (Wildman–Crippen MR) is 111 cm³/mol. The van der Waals surface area contributed by atoms with E-state index in [1.807, 2.05) is 42.8 Å². The molecule has 3 aromatic rings. The standard InChI is InChI=1S/C20H22N2O.C2H6.ClH/c1-2-9-19-14-20(23-16-18-12-7-4-8-13-18)22(21-19)15-17-10-5-3-6-11-17;1-2;/h3-8,10-14H,2,9,15-16H2,1H3;1-2H3;1H. The van der Waals surface area contributed by atoms with Gasteiger partial charge < -0.3 is 4.74 Å². The summed E-state index contributed by atoms with van der Waals surface area (Å²) in [6.07, 6.45) is 2.06. The van der Waals surface area contributed by atoms with E-state index in [1.54, 1.807) is 0 Å². The molecule has 2 aromatic carbocycles. The Morgan fingerprint density at radius 3 is 2.04 bits per heavy atom. The molecule has 1 aromatic heterocycles. The molecule has 26 heavy (non-hydrogen) atoms. The SMILES string of the molecule is CC.CCCc1cc(OCc2ccccc2)n(Cc2ccccc2)n1.Cl. The van der Waals surface area contributed by atoms with Gasteiger partial charge in [-0.3, -0.25) is 0 Å². The van der Waals surface area contributed by atoms with Crippen LogP contribution >= 0.6 is 12.4 Å². The van der Waals surface area contributed by atoms with E-state index in [-0.39, 0.29) is 12.4 Å². The second kappa shape index (κ2) is 12.2. The molecule has 0 radical (unpaired) electrons. The summed E-state index contributed by atoms with van der Waals surface area (Å²) in [7, 11) is 0. The number of aryl methyl sites for hydroxylation is 1. The van der Waals surface area contributed by atoms with Crippen LogP contribution in [-0.2, 0) is 19.6 Å². The zero-order chi connectivity index (χ0) is 17.9. The van der Waals surface area contributed by atoms with E-state index in [1.165, 1.54) is 5.56 Å². The van der Waals surface area contributed by atoms with Gasteiger partial charge in [0, 0.05) is 6.07 Å². The second-order valence-electron chi connectivity index (χ2n) is 5.64. The van der Waals surface area contributed by atoms with E-state index >= 15 is 0 Å². The van der Waals surface area contributed by atoms with Gasteiger partial charge in [-0.25, -0.2) is 4.68 Å². The Morgan fingerprint density at radius 2 is 1.46 bits per heavy atom. The summed E-state index contributed by atoms with van der Waals surface area (Å²) < 4.78 is 7.98. The van der Waals surface area contributed by atoms with E-state index in [2.05, 4.69) is 49.4 Å². The molecule has 0 amide bonds. The highest BCUT2D eigenvalue weighted by Gasteiger charge is 2.09. The monoisotopic (exact) mass is 372 g/mol. The van der Waals surface area contributed by atoms with Crippen molar-refractivity contribution in [2.45, 2.75) is 46.8 Å². The van der Waals surface area contributed by atoms with Gasteiger partial charge in [0.15, 0.2) is 0 Å². The van der Waals surface area contributed by atoms with Crippen LogP contribution in [0.1, 0.15) is 44.0 Å². The lowest BCUT2D eigenvalue weighted by Crippen LogP contribution is -2.06. The van der Waals surface area contributed by atoms with Gasteiger partial charge in [-0.2, -0.15) is 5.10 Å². The average Bonchev–Trinajstić information content (AvgIpc) is 3.05. The first-order valence-corrected chi connectivity index (χ1v) is 9.12. The van der Waals surface area contributed by atoms with Crippen LogP contribution in [0, 0.1) is 0 Å². The summed E-state index contributed by atoms with van der Waals surface area (Å²) >= 11 is 0. The maximum absolute atomic E-state index is 6.02. The Morgan fingerprint density at radius 1 is 0.885 bits per heavy atom. The molecule has 140 valence electrons. The summed E-state index contributed by atoms with van der Waals surface area (Å²) in [4.78, 5) is 0. The first kappa shape index (κ1) is 21.8. The number of nitrogens with zero attached hydrogens (tertiary/aromatic N) is 2. The molecule has 0 bridgehead atoms. The maximum atomic E-state index is 6.02. The second-order valence-corrected chi connectivity index (χ2v) is 5.64. The summed E-state index contributed by atoms with van der Waals surface area (Å²) in [6.45, 7) is 7.46. The fourth-order valence-electron chi connectivity index (χ4n) is 2.55. The molecule has 0 N–H and O–H groups in total. The molecule has 0 fully saturated rings. The normalized spacial score (nSPS) is 9.65. The largest absolute Gasteiger partial charge is 0.473 e. The summed E-state index contributed by atoms with van der Waals surface area (Å²) in [5.41, 5.74) is 3.48. The Kier molecular flexibility index (Phi) is 10.2. The molecular formula is C22H29ClN2O. The molecule has 3 nitrogen and oxygen atoms in total. The number of rotatable bonds is 7. The fraction of sp³-hybridized carbons (Fsp3) is 0.318. The van der Waals surface area contributed by atoms with Crippen molar-refractivity contribution >= 4 is 12.4 Å². The molecular weight excluding hydrogens is 344 g/mol. The molecule has 0 atom stereocenters. The van der Waals surface area contributed by atoms with Crippen molar-refractivity contribution < 1.29 is 4.74 Å². The number of ether oxygens (including phenoxy) is 1. The van der Waals surface area contributed by atoms with Crippen LogP contribution in [-0.4, -0.2) is 9.78 Å². The summed E-state index contributed by atoms with van der Waals surface area (Å²) in [5, 5.41) is 4.70. The van der Waals surface area contributed by atoms with Crippen molar-refractivity contribution in [1.29, 1.82) is 0 Å². The van der Waals surface area contributed by atoms with Gasteiger partial charge in [-0.1, -0.05) is 87.9 Å². The highest BCUT2D eigenvalue weighted by Crippen LogP contribution is 2.18. The van der Waals surface area contributed by atoms with Gasteiger partial charge in [-0.15, -0.1) is 12.4 Å².